The minimum absolute atomic E-state index is 0.211. The van der Waals surface area contributed by atoms with Gasteiger partial charge in [-0.2, -0.15) is 10.1 Å². The quantitative estimate of drug-likeness (QED) is 0.396. The maximum absolute atomic E-state index is 12.9. The van der Waals surface area contributed by atoms with Crippen LogP contribution in [0.4, 0.5) is 5.69 Å². The maximum atomic E-state index is 12.9. The van der Waals surface area contributed by atoms with Crippen molar-refractivity contribution in [2.24, 2.45) is 5.10 Å². The van der Waals surface area contributed by atoms with Gasteiger partial charge in [0.1, 0.15) is 18.1 Å². The van der Waals surface area contributed by atoms with Crippen LogP contribution in [0.1, 0.15) is 28.6 Å². The molecule has 0 spiro atoms. The Morgan fingerprint density at radius 3 is 2.80 bits per heavy atom. The molecule has 1 aromatic heterocycles. The number of hydrogen-bond donors (Lipinski definition) is 0. The summed E-state index contributed by atoms with van der Waals surface area (Å²) >= 11 is 3.42. The number of amides is 1. The Hall–Kier alpha value is -3.45. The lowest BCUT2D eigenvalue weighted by Gasteiger charge is -2.11. The third-order valence-electron chi connectivity index (χ3n) is 5.00. The van der Waals surface area contributed by atoms with Gasteiger partial charge in [0.15, 0.2) is 0 Å². The number of anilines is 1. The number of ether oxygens (including phenoxy) is 1. The number of hydrogen-bond acceptors (Lipinski definition) is 5. The normalized spacial score (nSPS) is 16.8. The zero-order valence-corrected chi connectivity index (χ0v) is 17.5. The second-order valence-electron chi connectivity index (χ2n) is 6.99. The molecule has 0 saturated heterocycles. The predicted octanol–water partition coefficient (Wildman–Crippen LogP) is 5.19. The minimum atomic E-state index is -0.300. The number of nitrogens with zero attached hydrogens (tertiary/aromatic N) is 2. The van der Waals surface area contributed by atoms with Crippen molar-refractivity contribution in [3.63, 3.8) is 0 Å². The van der Waals surface area contributed by atoms with Gasteiger partial charge >= 0.3 is 5.97 Å². The van der Waals surface area contributed by atoms with Crippen LogP contribution in [0.3, 0.4) is 0 Å². The van der Waals surface area contributed by atoms with Crippen LogP contribution in [-0.2, 0) is 16.1 Å². The first-order valence-corrected chi connectivity index (χ1v) is 10.1. The summed E-state index contributed by atoms with van der Waals surface area (Å²) in [7, 11) is 0. The number of furan rings is 1. The molecule has 0 unspecified atom stereocenters. The number of cyclic esters (lactones) is 1. The zero-order chi connectivity index (χ0) is 20.8. The third-order valence-corrected chi connectivity index (χ3v) is 5.49. The van der Waals surface area contributed by atoms with Gasteiger partial charge in [-0.1, -0.05) is 28.1 Å². The van der Waals surface area contributed by atoms with Crippen LogP contribution in [0, 0.1) is 0 Å². The fourth-order valence-corrected chi connectivity index (χ4v) is 3.87. The highest BCUT2D eigenvalue weighted by Gasteiger charge is 2.29. The van der Waals surface area contributed by atoms with E-state index in [2.05, 4.69) is 21.0 Å². The Balaban J connectivity index is 1.43. The lowest BCUT2D eigenvalue weighted by atomic mass is 10.0. The van der Waals surface area contributed by atoms with E-state index in [1.54, 1.807) is 25.1 Å². The van der Waals surface area contributed by atoms with Gasteiger partial charge in [-0.15, -0.1) is 0 Å². The van der Waals surface area contributed by atoms with E-state index in [0.29, 0.717) is 34.1 Å². The van der Waals surface area contributed by atoms with E-state index in [9.17, 15) is 9.59 Å². The first-order chi connectivity index (χ1) is 14.5. The zero-order valence-electron chi connectivity index (χ0n) is 15.9. The van der Waals surface area contributed by atoms with Gasteiger partial charge in [0.05, 0.1) is 22.5 Å². The molecule has 3 heterocycles. The molecule has 2 aromatic carbocycles. The molecular weight excluding hydrogens is 448 g/mol. The van der Waals surface area contributed by atoms with Gasteiger partial charge in [-0.25, -0.2) is 4.79 Å². The van der Waals surface area contributed by atoms with Crippen LogP contribution >= 0.6 is 15.9 Å². The molecule has 0 atom stereocenters. The molecule has 30 heavy (non-hydrogen) atoms. The van der Waals surface area contributed by atoms with Gasteiger partial charge in [0.25, 0.3) is 5.91 Å². The average molecular weight is 463 g/mol. The minimum Gasteiger partial charge on any atom is -0.457 e. The molecule has 0 aliphatic carbocycles. The second kappa shape index (κ2) is 7.11. The van der Waals surface area contributed by atoms with Crippen LogP contribution in [-0.4, -0.2) is 17.6 Å². The van der Waals surface area contributed by atoms with Crippen molar-refractivity contribution in [1.82, 2.24) is 0 Å². The lowest BCUT2D eigenvalue weighted by Crippen LogP contribution is -2.21. The van der Waals surface area contributed by atoms with Crippen LogP contribution < -0.4 is 5.01 Å². The third kappa shape index (κ3) is 3.17. The smallest absolute Gasteiger partial charge is 0.338 e. The fourth-order valence-electron chi connectivity index (χ4n) is 3.48. The van der Waals surface area contributed by atoms with Crippen LogP contribution in [0.2, 0.25) is 0 Å². The largest absolute Gasteiger partial charge is 0.457 e. The molecule has 5 rings (SSSR count). The van der Waals surface area contributed by atoms with E-state index in [1.165, 1.54) is 5.01 Å². The summed E-state index contributed by atoms with van der Waals surface area (Å²) in [6.07, 6.45) is 1.70. The number of fused-ring (bicyclic) bond motifs is 1. The monoisotopic (exact) mass is 462 g/mol. The Morgan fingerprint density at radius 2 is 1.97 bits per heavy atom. The van der Waals surface area contributed by atoms with Crippen molar-refractivity contribution in [2.75, 3.05) is 5.01 Å². The summed E-state index contributed by atoms with van der Waals surface area (Å²) < 4.78 is 11.9. The number of carbonyl (C=O) groups is 2. The van der Waals surface area contributed by atoms with Crippen molar-refractivity contribution >= 4 is 45.3 Å². The lowest BCUT2D eigenvalue weighted by molar-refractivity contribution is -0.114. The first-order valence-electron chi connectivity index (χ1n) is 9.27. The molecule has 0 bridgehead atoms. The van der Waals surface area contributed by atoms with Crippen LogP contribution in [0.25, 0.3) is 17.4 Å². The molecule has 0 N–H and O–H groups in total. The van der Waals surface area contributed by atoms with Gasteiger partial charge < -0.3 is 9.15 Å². The number of halogens is 1. The average Bonchev–Trinajstić information content (AvgIpc) is 3.42. The van der Waals surface area contributed by atoms with E-state index in [0.717, 1.165) is 15.6 Å². The highest BCUT2D eigenvalue weighted by atomic mass is 79.9. The summed E-state index contributed by atoms with van der Waals surface area (Å²) in [4.78, 5) is 24.5. The first kappa shape index (κ1) is 18.6. The molecule has 0 radical (unpaired) electrons. The molecule has 3 aromatic rings. The molecular formula is C23H15BrN2O4. The van der Waals surface area contributed by atoms with E-state index in [4.69, 9.17) is 9.15 Å². The van der Waals surface area contributed by atoms with Crippen molar-refractivity contribution in [2.45, 2.75) is 13.5 Å². The standard InChI is InChI=1S/C23H15BrN2O4/c1-13-20(22(27)26(25-13)17-4-2-3-16(24)10-17)11-18-6-8-21(30-18)14-5-7-19-15(9-14)12-29-23(19)28/h2-11H,12H2,1H3/b20-11+. The highest BCUT2D eigenvalue weighted by Crippen LogP contribution is 2.30. The SMILES string of the molecule is CC1=NN(c2cccc(Br)c2)C(=O)/C1=C/c1ccc(-c2ccc3c(c2)COC3=O)o1. The molecule has 1 amide bonds. The molecule has 2 aliphatic heterocycles. The van der Waals surface area contributed by atoms with E-state index >= 15 is 0 Å². The van der Waals surface area contributed by atoms with Gasteiger partial charge in [0.2, 0.25) is 0 Å². The fraction of sp³-hybridized carbons (Fsp3) is 0.0870. The van der Waals surface area contributed by atoms with Gasteiger partial charge in [-0.3, -0.25) is 4.79 Å². The summed E-state index contributed by atoms with van der Waals surface area (Å²) in [5, 5.41) is 5.78. The van der Waals surface area contributed by atoms with E-state index in [-0.39, 0.29) is 18.5 Å². The van der Waals surface area contributed by atoms with E-state index in [1.807, 2.05) is 42.5 Å². The van der Waals surface area contributed by atoms with Crippen LogP contribution in [0.5, 0.6) is 0 Å². The summed E-state index contributed by atoms with van der Waals surface area (Å²) in [6.45, 7) is 2.07. The van der Waals surface area contributed by atoms with E-state index < -0.39 is 0 Å². The Kier molecular flexibility index (Phi) is 4.40. The second-order valence-corrected chi connectivity index (χ2v) is 7.91. The molecule has 148 valence electrons. The summed E-state index contributed by atoms with van der Waals surface area (Å²) in [5.74, 6) is 0.683. The molecule has 7 heteroatoms. The van der Waals surface area contributed by atoms with Crippen molar-refractivity contribution < 1.29 is 18.7 Å². The molecule has 0 saturated carbocycles. The van der Waals surface area contributed by atoms with Crippen molar-refractivity contribution in [3.8, 4) is 11.3 Å². The van der Waals surface area contributed by atoms with Crippen molar-refractivity contribution in [3.05, 3.63) is 81.5 Å². The number of benzene rings is 2. The van der Waals surface area contributed by atoms with Crippen LogP contribution in [0.15, 0.2) is 74.2 Å². The molecule has 0 fully saturated rings. The number of rotatable bonds is 3. The Morgan fingerprint density at radius 1 is 1.10 bits per heavy atom. The molecule has 6 nitrogen and oxygen atoms in total. The topological polar surface area (TPSA) is 72.1 Å². The Labute approximate surface area is 180 Å². The number of carbonyl (C=O) groups excluding carboxylic acids is 2. The number of hydrazone groups is 1. The van der Waals surface area contributed by atoms with Crippen molar-refractivity contribution in [1.29, 1.82) is 0 Å². The predicted molar refractivity (Wildman–Crippen MR) is 116 cm³/mol. The maximum Gasteiger partial charge on any atom is 0.338 e. The Bertz CT molecular complexity index is 1270. The number of esters is 1. The van der Waals surface area contributed by atoms with Gasteiger partial charge in [0, 0.05) is 15.6 Å². The summed E-state index contributed by atoms with van der Waals surface area (Å²) in [5.41, 5.74) is 4.05. The van der Waals surface area contributed by atoms with Gasteiger partial charge in [-0.05, 0) is 55.5 Å². The highest BCUT2D eigenvalue weighted by molar-refractivity contribution is 9.10. The molecule has 2 aliphatic rings. The summed E-state index contributed by atoms with van der Waals surface area (Å²) in [6, 6.07) is 16.5.